The van der Waals surface area contributed by atoms with E-state index in [9.17, 15) is 5.11 Å². The first-order valence-corrected chi connectivity index (χ1v) is 10.8. The van der Waals surface area contributed by atoms with Gasteiger partial charge in [-0.25, -0.2) is 0 Å². The van der Waals surface area contributed by atoms with Gasteiger partial charge in [-0.05, 0) is 57.6 Å². The maximum Gasteiger partial charge on any atom is 0.119 e. The number of nitrogens with zero attached hydrogens (tertiary/aromatic N) is 3. The van der Waals surface area contributed by atoms with Crippen LogP contribution in [0.5, 0.6) is 5.75 Å². The van der Waals surface area contributed by atoms with Crippen molar-refractivity contribution in [2.24, 2.45) is 0 Å². The highest BCUT2D eigenvalue weighted by atomic mass is 16.5. The Balaban J connectivity index is 1.43. The molecule has 1 aromatic carbocycles. The molecule has 3 rings (SSSR count). The molecule has 0 amide bonds. The van der Waals surface area contributed by atoms with Crippen molar-refractivity contribution < 1.29 is 9.84 Å². The van der Waals surface area contributed by atoms with E-state index in [0.717, 1.165) is 30.2 Å². The molecule has 0 aliphatic heterocycles. The van der Waals surface area contributed by atoms with Crippen LogP contribution in [0.4, 0.5) is 0 Å². The zero-order valence-electron chi connectivity index (χ0n) is 18.1. The van der Waals surface area contributed by atoms with Crippen LogP contribution in [0.1, 0.15) is 49.1 Å². The second-order valence-electron chi connectivity index (χ2n) is 8.56. The fourth-order valence-corrected chi connectivity index (χ4v) is 4.18. The summed E-state index contributed by atoms with van der Waals surface area (Å²) in [5, 5.41) is 17.7. The second kappa shape index (κ2) is 10.8. The van der Waals surface area contributed by atoms with Crippen molar-refractivity contribution in [3.8, 4) is 5.75 Å². The molecule has 1 heterocycles. The zero-order chi connectivity index (χ0) is 20.6. The maximum absolute atomic E-state index is 10.4. The lowest BCUT2D eigenvalue weighted by Gasteiger charge is -2.32. The van der Waals surface area contributed by atoms with E-state index < -0.39 is 6.10 Å². The van der Waals surface area contributed by atoms with Crippen LogP contribution >= 0.6 is 0 Å². The van der Waals surface area contributed by atoms with Gasteiger partial charge in [0.05, 0.1) is 5.69 Å². The number of likely N-dealkylation sites (N-methyl/N-ethyl adjacent to an activating group) is 1. The first kappa shape index (κ1) is 21.8. The molecule has 1 aliphatic rings. The SMILES string of the molecule is Cc1cc(CN(C)Cc2cccc(OCC(O)CN(C)C3CCCCC3)c2)n[nH]1. The van der Waals surface area contributed by atoms with Crippen LogP contribution in [0.15, 0.2) is 30.3 Å². The van der Waals surface area contributed by atoms with E-state index in [4.69, 9.17) is 4.74 Å². The number of aryl methyl sites for hydroxylation is 1. The summed E-state index contributed by atoms with van der Waals surface area (Å²) in [5.41, 5.74) is 3.31. The monoisotopic (exact) mass is 400 g/mol. The average molecular weight is 401 g/mol. The minimum absolute atomic E-state index is 0.322. The second-order valence-corrected chi connectivity index (χ2v) is 8.56. The summed E-state index contributed by atoms with van der Waals surface area (Å²) in [6.45, 7) is 4.61. The van der Waals surface area contributed by atoms with E-state index in [1.807, 2.05) is 19.1 Å². The number of aliphatic hydroxyl groups is 1. The Morgan fingerprint density at radius 1 is 1.17 bits per heavy atom. The molecule has 29 heavy (non-hydrogen) atoms. The first-order valence-electron chi connectivity index (χ1n) is 10.8. The van der Waals surface area contributed by atoms with Crippen molar-refractivity contribution in [3.63, 3.8) is 0 Å². The number of rotatable bonds is 10. The number of H-pyrrole nitrogens is 1. The molecule has 1 fully saturated rings. The molecule has 2 aromatic rings. The Kier molecular flexibility index (Phi) is 8.09. The molecule has 1 aromatic heterocycles. The molecular formula is C23H36N4O2. The molecule has 0 spiro atoms. The van der Waals surface area contributed by atoms with Gasteiger partial charge in [0.1, 0.15) is 18.5 Å². The highest BCUT2D eigenvalue weighted by molar-refractivity contribution is 5.28. The van der Waals surface area contributed by atoms with Crippen LogP contribution < -0.4 is 4.74 Å². The third-order valence-electron chi connectivity index (χ3n) is 5.68. The average Bonchev–Trinajstić information content (AvgIpc) is 3.11. The van der Waals surface area contributed by atoms with Crippen LogP contribution in [0.3, 0.4) is 0 Å². The maximum atomic E-state index is 10.4. The van der Waals surface area contributed by atoms with Crippen LogP contribution in [-0.4, -0.2) is 64.5 Å². The van der Waals surface area contributed by atoms with Crippen LogP contribution in [0, 0.1) is 6.92 Å². The van der Waals surface area contributed by atoms with Crippen LogP contribution in [0.2, 0.25) is 0 Å². The van der Waals surface area contributed by atoms with Gasteiger partial charge >= 0.3 is 0 Å². The van der Waals surface area contributed by atoms with Crippen molar-refractivity contribution in [1.29, 1.82) is 0 Å². The molecule has 1 atom stereocenters. The number of aliphatic hydroxyl groups excluding tert-OH is 1. The predicted molar refractivity (Wildman–Crippen MR) is 116 cm³/mol. The number of hydrogen-bond acceptors (Lipinski definition) is 5. The Morgan fingerprint density at radius 2 is 1.97 bits per heavy atom. The first-order chi connectivity index (χ1) is 14.0. The molecule has 0 saturated heterocycles. The lowest BCUT2D eigenvalue weighted by Crippen LogP contribution is -2.40. The molecule has 0 bridgehead atoms. The van der Waals surface area contributed by atoms with Gasteiger partial charge < -0.3 is 14.7 Å². The third kappa shape index (κ3) is 7.14. The topological polar surface area (TPSA) is 64.6 Å². The molecule has 2 N–H and O–H groups in total. The smallest absolute Gasteiger partial charge is 0.119 e. The van der Waals surface area contributed by atoms with Crippen molar-refractivity contribution in [2.75, 3.05) is 27.2 Å². The Bertz CT molecular complexity index is 742. The summed E-state index contributed by atoms with van der Waals surface area (Å²) in [6.07, 6.45) is 5.99. The summed E-state index contributed by atoms with van der Waals surface area (Å²) in [4.78, 5) is 4.53. The molecular weight excluding hydrogens is 364 g/mol. The third-order valence-corrected chi connectivity index (χ3v) is 5.68. The number of nitrogens with one attached hydrogen (secondary N) is 1. The Labute approximate surface area is 174 Å². The molecule has 0 radical (unpaired) electrons. The van der Waals surface area contributed by atoms with Crippen molar-refractivity contribution in [2.45, 2.75) is 64.3 Å². The normalized spacial score (nSPS) is 16.5. The standard InChI is InChI=1S/C23H36N4O2/c1-18-12-20(25-24-18)15-26(2)14-19-8-7-11-23(13-19)29-17-22(28)16-27(3)21-9-5-4-6-10-21/h7-8,11-13,21-22,28H,4-6,9-10,14-17H2,1-3H3,(H,24,25). The summed E-state index contributed by atoms with van der Waals surface area (Å²) in [5.74, 6) is 0.811. The van der Waals surface area contributed by atoms with Gasteiger partial charge in [0, 0.05) is 31.4 Å². The summed E-state index contributed by atoms with van der Waals surface area (Å²) in [7, 11) is 4.21. The van der Waals surface area contributed by atoms with Gasteiger partial charge in [0.25, 0.3) is 0 Å². The van der Waals surface area contributed by atoms with E-state index in [1.54, 1.807) is 0 Å². The number of aromatic nitrogens is 2. The van der Waals surface area contributed by atoms with Gasteiger partial charge in [-0.3, -0.25) is 10.00 Å². The predicted octanol–water partition coefficient (Wildman–Crippen LogP) is 3.35. The lowest BCUT2D eigenvalue weighted by atomic mass is 9.94. The van der Waals surface area contributed by atoms with Crippen molar-refractivity contribution in [3.05, 3.63) is 47.3 Å². The lowest BCUT2D eigenvalue weighted by molar-refractivity contribution is 0.0561. The van der Waals surface area contributed by atoms with E-state index in [2.05, 4.69) is 52.3 Å². The summed E-state index contributed by atoms with van der Waals surface area (Å²) in [6, 6.07) is 10.8. The summed E-state index contributed by atoms with van der Waals surface area (Å²) < 4.78 is 5.89. The molecule has 1 unspecified atom stereocenters. The highest BCUT2D eigenvalue weighted by Crippen LogP contribution is 2.22. The van der Waals surface area contributed by atoms with Gasteiger partial charge in [0.2, 0.25) is 0 Å². The Hall–Kier alpha value is -1.89. The quantitative estimate of drug-likeness (QED) is 0.640. The number of hydrogen-bond donors (Lipinski definition) is 2. The van der Waals surface area contributed by atoms with E-state index in [0.29, 0.717) is 19.2 Å². The zero-order valence-corrected chi connectivity index (χ0v) is 18.1. The fraction of sp³-hybridized carbons (Fsp3) is 0.609. The molecule has 160 valence electrons. The Morgan fingerprint density at radius 3 is 2.69 bits per heavy atom. The van der Waals surface area contributed by atoms with Crippen molar-refractivity contribution in [1.82, 2.24) is 20.0 Å². The van der Waals surface area contributed by atoms with E-state index >= 15 is 0 Å². The van der Waals surface area contributed by atoms with Gasteiger partial charge in [-0.15, -0.1) is 0 Å². The molecule has 1 saturated carbocycles. The van der Waals surface area contributed by atoms with E-state index in [1.165, 1.54) is 37.7 Å². The summed E-state index contributed by atoms with van der Waals surface area (Å²) >= 11 is 0. The molecule has 1 aliphatic carbocycles. The van der Waals surface area contributed by atoms with Crippen molar-refractivity contribution >= 4 is 0 Å². The number of benzene rings is 1. The van der Waals surface area contributed by atoms with Gasteiger partial charge in [-0.1, -0.05) is 31.4 Å². The molecule has 6 heteroatoms. The minimum Gasteiger partial charge on any atom is -0.491 e. The van der Waals surface area contributed by atoms with E-state index in [-0.39, 0.29) is 0 Å². The number of ether oxygens (including phenoxy) is 1. The van der Waals surface area contributed by atoms with Gasteiger partial charge in [0.15, 0.2) is 0 Å². The minimum atomic E-state index is -0.476. The van der Waals surface area contributed by atoms with Gasteiger partial charge in [-0.2, -0.15) is 5.10 Å². The van der Waals surface area contributed by atoms with Crippen LogP contribution in [-0.2, 0) is 13.1 Å². The fourth-order valence-electron chi connectivity index (χ4n) is 4.18. The largest absolute Gasteiger partial charge is 0.491 e. The van der Waals surface area contributed by atoms with Crippen LogP contribution in [0.25, 0.3) is 0 Å². The highest BCUT2D eigenvalue weighted by Gasteiger charge is 2.20. The molecule has 6 nitrogen and oxygen atoms in total. The number of aromatic amines is 1.